The Morgan fingerprint density at radius 1 is 0.706 bits per heavy atom. The first kappa shape index (κ1) is 37.8. The van der Waals surface area contributed by atoms with E-state index in [-0.39, 0.29) is 17.0 Å². The molecule has 3 N–H and O–H groups in total. The van der Waals surface area contributed by atoms with Crippen molar-refractivity contribution >= 4 is 51.6 Å². The molecule has 0 atom stereocenters. The molecule has 5 aromatic rings. The van der Waals surface area contributed by atoms with Gasteiger partial charge in [0, 0.05) is 42.3 Å². The number of fused-ring (bicyclic) bond motifs is 1. The average Bonchev–Trinajstić information content (AvgIpc) is 3.88. The molecule has 0 unspecified atom stereocenters. The van der Waals surface area contributed by atoms with Crippen molar-refractivity contribution in [2.75, 3.05) is 13.1 Å². The lowest BCUT2D eigenvalue weighted by molar-refractivity contribution is -0.106. The fourth-order valence-electron chi connectivity index (χ4n) is 6.19. The van der Waals surface area contributed by atoms with Crippen LogP contribution in [0.15, 0.2) is 77.6 Å². The molecule has 264 valence electrons. The van der Waals surface area contributed by atoms with E-state index in [1.165, 1.54) is 12.0 Å². The Morgan fingerprint density at radius 2 is 1.22 bits per heavy atom. The Labute approximate surface area is 312 Å². The maximum absolute atomic E-state index is 12.7. The summed E-state index contributed by atoms with van der Waals surface area (Å²) in [7, 11) is 0. The Balaban J connectivity index is 0.000000176. The number of rotatable bonds is 5. The minimum absolute atomic E-state index is 0.00980. The molecule has 7 rings (SSSR count). The number of hydrogen-bond donors (Lipinski definition) is 3. The fraction of sp³-hybridized carbons (Fsp3) is 0.250. The van der Waals surface area contributed by atoms with Crippen molar-refractivity contribution in [1.82, 2.24) is 20.2 Å². The number of carbonyl (C=O) groups excluding carboxylic acids is 2. The summed E-state index contributed by atoms with van der Waals surface area (Å²) in [5.74, 6) is 1.58. The minimum atomic E-state index is -0.863. The van der Waals surface area contributed by atoms with Crippen LogP contribution in [0, 0.1) is 27.7 Å². The molecule has 3 heterocycles. The largest absolute Gasteiger partial charge is 0.493 e. The quantitative estimate of drug-likeness (QED) is 0.0948. The number of hydrazine groups is 1. The van der Waals surface area contributed by atoms with E-state index in [1.807, 2.05) is 63.2 Å². The number of carbonyl (C=O) groups is 1. The van der Waals surface area contributed by atoms with Crippen molar-refractivity contribution in [3.63, 3.8) is 0 Å². The molecule has 0 amide bonds. The molecule has 4 aromatic carbocycles. The Hall–Kier alpha value is -4.40. The highest BCUT2D eigenvalue weighted by Crippen LogP contribution is 2.39. The van der Waals surface area contributed by atoms with Gasteiger partial charge >= 0.3 is 0 Å². The Morgan fingerprint density at radius 3 is 1.65 bits per heavy atom. The van der Waals surface area contributed by atoms with Gasteiger partial charge in [-0.1, -0.05) is 95.0 Å². The van der Waals surface area contributed by atoms with Gasteiger partial charge in [-0.3, -0.25) is 25.1 Å². The number of halogens is 3. The van der Waals surface area contributed by atoms with Gasteiger partial charge in [-0.2, -0.15) is 0 Å². The first-order valence-corrected chi connectivity index (χ1v) is 17.7. The van der Waals surface area contributed by atoms with Gasteiger partial charge < -0.3 is 5.11 Å². The number of nitrogens with zero attached hydrogens (tertiary/aromatic N) is 2. The zero-order chi connectivity index (χ0) is 36.8. The molecular weight excluding hydrogens is 707 g/mol. The van der Waals surface area contributed by atoms with Crippen molar-refractivity contribution in [3.8, 4) is 39.3 Å². The van der Waals surface area contributed by atoms with Gasteiger partial charge in [0.05, 0.1) is 5.02 Å². The van der Waals surface area contributed by atoms with Gasteiger partial charge in [-0.25, -0.2) is 9.48 Å². The van der Waals surface area contributed by atoms with Gasteiger partial charge in [0.15, 0.2) is 0 Å². The van der Waals surface area contributed by atoms with E-state index in [9.17, 15) is 19.5 Å². The molecule has 1 aromatic heterocycles. The predicted molar refractivity (Wildman–Crippen MR) is 207 cm³/mol. The van der Waals surface area contributed by atoms with Crippen LogP contribution in [-0.4, -0.2) is 38.7 Å². The van der Waals surface area contributed by atoms with E-state index in [4.69, 9.17) is 34.8 Å². The number of allylic oxidation sites excluding steroid dienone is 1. The highest BCUT2D eigenvalue weighted by Gasteiger charge is 2.27. The van der Waals surface area contributed by atoms with E-state index in [0.717, 1.165) is 52.9 Å². The summed E-state index contributed by atoms with van der Waals surface area (Å²) >= 11 is 18.2. The smallest absolute Gasteiger partial charge is 0.278 e. The standard InChI is InChI=1S/C20H19ClN2O2.C17H12Cl2O2.C3H8N2/c1-12-4-6-14(7-5-12)15-10-13(2)17(16(21)11-15)18-19(24)22-8-3-9-23(22)20(18)25;1-10-3-5-12(6-4-10)13-7-11(2)16(15(18)8-13)14(9-20)17(19)21;1-2-4-5-3-1/h4-7,10-11,24H,3,8-9H2,1-2H3;3-8H,1-2H3;4-5H,1-3H2. The average molecular weight is 746 g/mol. The number of nitrogens with one attached hydrogen (secondary N) is 2. The number of benzene rings is 4. The zero-order valence-electron chi connectivity index (χ0n) is 28.9. The highest BCUT2D eigenvalue weighted by molar-refractivity contribution is 6.76. The molecule has 1 fully saturated rings. The van der Waals surface area contributed by atoms with Crippen LogP contribution in [0.1, 0.15) is 40.7 Å². The van der Waals surface area contributed by atoms with E-state index in [1.54, 1.807) is 28.3 Å². The summed E-state index contributed by atoms with van der Waals surface area (Å²) in [5.41, 5.74) is 14.7. The molecule has 0 aliphatic carbocycles. The monoisotopic (exact) mass is 744 g/mol. The fourth-order valence-corrected chi connectivity index (χ4v) is 7.05. The van der Waals surface area contributed by atoms with E-state index < -0.39 is 5.24 Å². The summed E-state index contributed by atoms with van der Waals surface area (Å²) in [4.78, 5) is 34.9. The second kappa shape index (κ2) is 16.7. The highest BCUT2D eigenvalue weighted by atomic mass is 35.5. The maximum atomic E-state index is 12.7. The van der Waals surface area contributed by atoms with E-state index in [0.29, 0.717) is 45.4 Å². The third-order valence-electron chi connectivity index (χ3n) is 8.82. The molecule has 0 bridgehead atoms. The SMILES string of the molecule is C1CNNC1.Cc1ccc(-c2cc(C)c(-c3c(O)n4n(c3=O)CCC4)c(Cl)c2)cc1.Cc1ccc(-c2cc(C)c(C(=C=O)C(=O)Cl)c(Cl)c2)cc1. The first-order valence-electron chi connectivity index (χ1n) is 16.6. The van der Waals surface area contributed by atoms with Crippen LogP contribution in [0.5, 0.6) is 5.88 Å². The van der Waals surface area contributed by atoms with Crippen molar-refractivity contribution < 1.29 is 14.7 Å². The molecule has 1 saturated heterocycles. The molecule has 2 aliphatic rings. The number of hydrogen-bond acceptors (Lipinski definition) is 6. The van der Waals surface area contributed by atoms with E-state index >= 15 is 0 Å². The van der Waals surface area contributed by atoms with Gasteiger partial charge in [-0.15, -0.1) is 0 Å². The molecule has 0 spiro atoms. The maximum Gasteiger partial charge on any atom is 0.278 e. The van der Waals surface area contributed by atoms with Crippen LogP contribution >= 0.6 is 34.8 Å². The predicted octanol–water partition coefficient (Wildman–Crippen LogP) is 8.45. The molecule has 0 radical (unpaired) electrons. The third-order valence-corrected chi connectivity index (χ3v) is 9.60. The molecule has 0 saturated carbocycles. The number of aromatic nitrogens is 2. The molecule has 8 nitrogen and oxygen atoms in total. The number of aromatic hydroxyl groups is 1. The van der Waals surface area contributed by atoms with Gasteiger partial charge in [-0.05, 0) is 97.7 Å². The zero-order valence-corrected chi connectivity index (χ0v) is 31.1. The summed E-state index contributed by atoms with van der Waals surface area (Å²) in [5, 5.41) is 10.5. The summed E-state index contributed by atoms with van der Waals surface area (Å²) in [6.07, 6.45) is 2.14. The van der Waals surface area contributed by atoms with Crippen molar-refractivity contribution in [1.29, 1.82) is 0 Å². The summed E-state index contributed by atoms with van der Waals surface area (Å²) in [6, 6.07) is 23.7. The summed E-state index contributed by atoms with van der Waals surface area (Å²) < 4.78 is 3.23. The summed E-state index contributed by atoms with van der Waals surface area (Å²) in [6.45, 7) is 11.3. The molecule has 51 heavy (non-hydrogen) atoms. The second-order valence-electron chi connectivity index (χ2n) is 12.6. The van der Waals surface area contributed by atoms with Gasteiger partial charge in [0.2, 0.25) is 5.88 Å². The van der Waals surface area contributed by atoms with Crippen LogP contribution < -0.4 is 16.4 Å². The van der Waals surface area contributed by atoms with Gasteiger partial charge in [0.25, 0.3) is 10.8 Å². The van der Waals surface area contributed by atoms with Crippen LogP contribution in [0.3, 0.4) is 0 Å². The van der Waals surface area contributed by atoms with E-state index in [2.05, 4.69) is 35.1 Å². The number of aryl methyl sites for hydroxylation is 4. The topological polar surface area (TPSA) is 105 Å². The van der Waals surface area contributed by atoms with Crippen LogP contribution in [0.2, 0.25) is 10.0 Å². The van der Waals surface area contributed by atoms with Crippen molar-refractivity contribution in [2.24, 2.45) is 0 Å². The van der Waals surface area contributed by atoms with Gasteiger partial charge in [0.1, 0.15) is 17.1 Å². The molecular formula is C40H39Cl3N4O4. The third kappa shape index (κ3) is 8.57. The first-order chi connectivity index (χ1) is 24.4. The lowest BCUT2D eigenvalue weighted by atomic mass is 9.96. The van der Waals surface area contributed by atoms with Crippen LogP contribution in [-0.2, 0) is 22.7 Å². The minimum Gasteiger partial charge on any atom is -0.493 e. The van der Waals surface area contributed by atoms with Crippen LogP contribution in [0.4, 0.5) is 0 Å². The van der Waals surface area contributed by atoms with Crippen molar-refractivity contribution in [2.45, 2.75) is 53.6 Å². The Bertz CT molecular complexity index is 2120. The molecule has 2 aliphatic heterocycles. The Kier molecular flexibility index (Phi) is 12.4. The lowest BCUT2D eigenvalue weighted by Crippen LogP contribution is -2.21. The normalized spacial score (nSPS) is 13.0. The lowest BCUT2D eigenvalue weighted by Gasteiger charge is -2.11. The second-order valence-corrected chi connectivity index (χ2v) is 13.8. The van der Waals surface area contributed by atoms with Crippen molar-refractivity contribution in [3.05, 3.63) is 121 Å². The molecule has 11 heteroatoms. The van der Waals surface area contributed by atoms with Crippen LogP contribution in [0.25, 0.3) is 39.0 Å².